The highest BCUT2D eigenvalue weighted by molar-refractivity contribution is 6.25. The summed E-state index contributed by atoms with van der Waals surface area (Å²) in [7, 11) is 0. The van der Waals surface area contributed by atoms with Gasteiger partial charge in [0, 0.05) is 25.2 Å². The van der Waals surface area contributed by atoms with E-state index in [-0.39, 0.29) is 5.97 Å². The maximum atomic E-state index is 12.2. The van der Waals surface area contributed by atoms with Gasteiger partial charge in [0.2, 0.25) is 0 Å². The van der Waals surface area contributed by atoms with Gasteiger partial charge in [-0.1, -0.05) is 74.3 Å². The van der Waals surface area contributed by atoms with E-state index in [0.717, 1.165) is 24.2 Å². The smallest absolute Gasteiger partial charge is 0.367 e. The maximum absolute atomic E-state index is 12.2. The lowest BCUT2D eigenvalue weighted by Crippen LogP contribution is -2.25. The van der Waals surface area contributed by atoms with Gasteiger partial charge in [-0.15, -0.1) is 0 Å². The Balaban J connectivity index is 1.74. The summed E-state index contributed by atoms with van der Waals surface area (Å²) < 4.78 is 0. The summed E-state index contributed by atoms with van der Waals surface area (Å²) in [5, 5.41) is 3.99. The van der Waals surface area contributed by atoms with Gasteiger partial charge in [-0.05, 0) is 42.2 Å². The lowest BCUT2D eigenvalue weighted by molar-refractivity contribution is -0.136. The number of nitrogens with zero attached hydrogens (tertiary/aromatic N) is 2. The van der Waals surface area contributed by atoms with E-state index in [0.29, 0.717) is 17.7 Å². The Hall–Kier alpha value is -2.88. The molecule has 0 amide bonds. The molecule has 152 valence electrons. The van der Waals surface area contributed by atoms with Crippen molar-refractivity contribution < 1.29 is 9.63 Å². The number of hydrogen-bond acceptors (Lipinski definition) is 4. The molecular formula is C25H30N2O2. The largest absolute Gasteiger partial charge is 0.372 e. The van der Waals surface area contributed by atoms with Gasteiger partial charge < -0.3 is 9.74 Å². The van der Waals surface area contributed by atoms with Crippen molar-refractivity contribution in [2.75, 3.05) is 18.0 Å². The predicted molar refractivity (Wildman–Crippen MR) is 120 cm³/mol. The first-order valence-corrected chi connectivity index (χ1v) is 10.6. The van der Waals surface area contributed by atoms with E-state index >= 15 is 0 Å². The third-order valence-electron chi connectivity index (χ3n) is 5.12. The summed E-state index contributed by atoms with van der Waals surface area (Å²) in [4.78, 5) is 19.6. The van der Waals surface area contributed by atoms with E-state index in [2.05, 4.69) is 48.2 Å². The molecule has 0 spiro atoms. The highest BCUT2D eigenvalue weighted by Gasteiger charge is 2.25. The zero-order valence-corrected chi connectivity index (χ0v) is 17.4. The minimum Gasteiger partial charge on any atom is -0.372 e. The van der Waals surface area contributed by atoms with Crippen LogP contribution in [0.25, 0.3) is 6.08 Å². The summed E-state index contributed by atoms with van der Waals surface area (Å²) in [6.07, 6.45) is 7.24. The first kappa shape index (κ1) is 20.8. The molecule has 0 bridgehead atoms. The van der Waals surface area contributed by atoms with Gasteiger partial charge in [-0.3, -0.25) is 0 Å². The quantitative estimate of drug-likeness (QED) is 0.390. The first-order chi connectivity index (χ1) is 14.2. The number of benzene rings is 2. The molecule has 4 nitrogen and oxygen atoms in total. The molecule has 0 aromatic heterocycles. The molecule has 4 heteroatoms. The molecule has 1 heterocycles. The van der Waals surface area contributed by atoms with Gasteiger partial charge in [0.15, 0.2) is 0 Å². The fraction of sp³-hybridized carbons (Fsp3) is 0.360. The van der Waals surface area contributed by atoms with Crippen molar-refractivity contribution in [3.05, 3.63) is 71.3 Å². The molecule has 0 atom stereocenters. The molecule has 29 heavy (non-hydrogen) atoms. The average Bonchev–Trinajstić information content (AvgIpc) is 3.09. The van der Waals surface area contributed by atoms with E-state index in [1.165, 1.54) is 31.4 Å². The van der Waals surface area contributed by atoms with E-state index in [4.69, 9.17) is 4.84 Å². The summed E-state index contributed by atoms with van der Waals surface area (Å²) in [5.41, 5.74) is 4.54. The number of anilines is 1. The van der Waals surface area contributed by atoms with Crippen LogP contribution in [0.4, 0.5) is 5.69 Å². The number of carbonyl (C=O) groups is 1. The normalized spacial score (nSPS) is 14.8. The third kappa shape index (κ3) is 5.80. The third-order valence-corrected chi connectivity index (χ3v) is 5.12. The van der Waals surface area contributed by atoms with Gasteiger partial charge in [0.1, 0.15) is 0 Å². The number of carbonyl (C=O) groups excluding carboxylic acids is 1. The maximum Gasteiger partial charge on any atom is 0.367 e. The Morgan fingerprint density at radius 1 is 0.931 bits per heavy atom. The number of rotatable bonds is 10. The Morgan fingerprint density at radius 2 is 1.59 bits per heavy atom. The summed E-state index contributed by atoms with van der Waals surface area (Å²) in [5.74, 6) is -0.382. The van der Waals surface area contributed by atoms with Crippen LogP contribution in [0.15, 0.2) is 65.3 Å². The minimum absolute atomic E-state index is 0.382. The highest BCUT2D eigenvalue weighted by Crippen LogP contribution is 2.22. The van der Waals surface area contributed by atoms with Crippen molar-refractivity contribution in [1.29, 1.82) is 0 Å². The van der Waals surface area contributed by atoms with Crippen LogP contribution >= 0.6 is 0 Å². The van der Waals surface area contributed by atoms with Crippen LogP contribution < -0.4 is 4.90 Å². The summed E-state index contributed by atoms with van der Waals surface area (Å²) in [6.45, 7) is 6.61. The Bertz CT molecular complexity index is 846. The number of unbranched alkanes of at least 4 members (excludes halogenated alkanes) is 2. The molecule has 0 saturated heterocycles. The second-order valence-corrected chi connectivity index (χ2v) is 7.42. The predicted octanol–water partition coefficient (Wildman–Crippen LogP) is 5.63. The second kappa shape index (κ2) is 10.6. The van der Waals surface area contributed by atoms with Crippen LogP contribution in [-0.2, 0) is 16.1 Å². The van der Waals surface area contributed by atoms with Gasteiger partial charge in [-0.2, -0.15) is 0 Å². The molecule has 0 saturated carbocycles. The zero-order chi connectivity index (χ0) is 20.5. The Kier molecular flexibility index (Phi) is 7.62. The molecular weight excluding hydrogens is 360 g/mol. The van der Waals surface area contributed by atoms with Gasteiger partial charge in [0.05, 0.1) is 11.3 Å². The molecule has 2 aromatic rings. The van der Waals surface area contributed by atoms with Gasteiger partial charge >= 0.3 is 5.97 Å². The number of hydrogen-bond donors (Lipinski definition) is 0. The monoisotopic (exact) mass is 390 g/mol. The van der Waals surface area contributed by atoms with Crippen molar-refractivity contribution in [2.24, 2.45) is 5.16 Å². The molecule has 2 aromatic carbocycles. The average molecular weight is 391 g/mol. The number of oxime groups is 1. The highest BCUT2D eigenvalue weighted by atomic mass is 16.7. The van der Waals surface area contributed by atoms with Crippen molar-refractivity contribution in [3.63, 3.8) is 0 Å². The van der Waals surface area contributed by atoms with Crippen molar-refractivity contribution >= 4 is 23.4 Å². The minimum atomic E-state index is -0.382. The molecule has 1 aliphatic heterocycles. The lowest BCUT2D eigenvalue weighted by Gasteiger charge is -2.24. The lowest BCUT2D eigenvalue weighted by atomic mass is 10.0. The van der Waals surface area contributed by atoms with Crippen molar-refractivity contribution in [3.8, 4) is 0 Å². The van der Waals surface area contributed by atoms with Crippen LogP contribution in [0.2, 0.25) is 0 Å². The Labute approximate surface area is 173 Å². The fourth-order valence-electron chi connectivity index (χ4n) is 3.39. The molecule has 0 unspecified atom stereocenters. The second-order valence-electron chi connectivity index (χ2n) is 7.42. The zero-order valence-electron chi connectivity index (χ0n) is 17.4. The van der Waals surface area contributed by atoms with E-state index in [9.17, 15) is 4.79 Å². The van der Waals surface area contributed by atoms with Crippen molar-refractivity contribution in [1.82, 2.24) is 0 Å². The van der Waals surface area contributed by atoms with Crippen LogP contribution in [0.1, 0.15) is 50.7 Å². The van der Waals surface area contributed by atoms with Crippen LogP contribution in [0.3, 0.4) is 0 Å². The van der Waals surface area contributed by atoms with Crippen molar-refractivity contribution in [2.45, 2.75) is 46.0 Å². The molecule has 0 fully saturated rings. The Morgan fingerprint density at radius 3 is 2.21 bits per heavy atom. The van der Waals surface area contributed by atoms with E-state index in [1.807, 2.05) is 36.4 Å². The van der Waals surface area contributed by atoms with Crippen LogP contribution in [0, 0.1) is 0 Å². The topological polar surface area (TPSA) is 41.9 Å². The molecule has 3 rings (SSSR count). The van der Waals surface area contributed by atoms with E-state index in [1.54, 1.807) is 0 Å². The SMILES string of the molecule is CCCCN(CCCC)c1ccc(C=C2C(=O)ON=C2Cc2ccccc2)cc1. The van der Waals surface area contributed by atoms with Crippen LogP contribution in [-0.4, -0.2) is 24.8 Å². The van der Waals surface area contributed by atoms with Crippen LogP contribution in [0.5, 0.6) is 0 Å². The van der Waals surface area contributed by atoms with Gasteiger partial charge in [-0.25, -0.2) is 4.79 Å². The summed E-state index contributed by atoms with van der Waals surface area (Å²) in [6, 6.07) is 18.4. The molecule has 1 aliphatic rings. The fourth-order valence-corrected chi connectivity index (χ4v) is 3.39. The summed E-state index contributed by atoms with van der Waals surface area (Å²) >= 11 is 0. The standard InChI is InChI=1S/C25H30N2O2/c1-3-5-16-27(17-6-4-2)22-14-12-21(13-15-22)18-23-24(26-29-25(23)28)19-20-10-8-7-9-11-20/h7-15,18H,3-6,16-17,19H2,1-2H3. The van der Waals surface area contributed by atoms with E-state index < -0.39 is 0 Å². The molecule has 0 radical (unpaired) electrons. The van der Waals surface area contributed by atoms with Gasteiger partial charge in [0.25, 0.3) is 0 Å². The first-order valence-electron chi connectivity index (χ1n) is 10.6. The molecule has 0 aliphatic carbocycles. The molecule has 0 N–H and O–H groups in total.